The second-order valence-corrected chi connectivity index (χ2v) is 6.18. The molecule has 1 unspecified atom stereocenters. The van der Waals surface area contributed by atoms with Gasteiger partial charge in [-0.05, 0) is 55.7 Å². The summed E-state index contributed by atoms with van der Waals surface area (Å²) in [6.45, 7) is 3.96. The van der Waals surface area contributed by atoms with Crippen LogP contribution in [0, 0.1) is 13.8 Å². The van der Waals surface area contributed by atoms with Crippen molar-refractivity contribution in [3.8, 4) is 0 Å². The van der Waals surface area contributed by atoms with Crippen LogP contribution in [0.4, 0.5) is 11.4 Å². The molecule has 1 aliphatic rings. The molecule has 1 amide bonds. The van der Waals surface area contributed by atoms with Crippen molar-refractivity contribution in [1.29, 1.82) is 0 Å². The molecule has 1 fully saturated rings. The molecule has 1 saturated heterocycles. The van der Waals surface area contributed by atoms with Gasteiger partial charge in [-0.1, -0.05) is 6.42 Å². The molecule has 4 heteroatoms. The Kier molecular flexibility index (Phi) is 4.17. The van der Waals surface area contributed by atoms with E-state index in [2.05, 4.69) is 5.32 Å². The average molecular weight is 264 g/mol. The summed E-state index contributed by atoms with van der Waals surface area (Å²) in [6, 6.07) is 3.80. The smallest absolute Gasteiger partial charge is 0.237 e. The predicted octanol–water partition coefficient (Wildman–Crippen LogP) is 3.11. The van der Waals surface area contributed by atoms with Gasteiger partial charge in [-0.3, -0.25) is 4.79 Å². The summed E-state index contributed by atoms with van der Waals surface area (Å²) in [5.74, 6) is 1.23. The van der Waals surface area contributed by atoms with Crippen molar-refractivity contribution in [3.63, 3.8) is 0 Å². The third-order valence-electron chi connectivity index (χ3n) is 3.28. The zero-order valence-corrected chi connectivity index (χ0v) is 11.8. The van der Waals surface area contributed by atoms with Crippen LogP contribution in [-0.4, -0.2) is 16.9 Å². The van der Waals surface area contributed by atoms with Crippen LogP contribution in [0.2, 0.25) is 0 Å². The summed E-state index contributed by atoms with van der Waals surface area (Å²) in [4.78, 5) is 12.2. The third kappa shape index (κ3) is 2.99. The first-order valence-electron chi connectivity index (χ1n) is 6.37. The molecule has 0 aromatic heterocycles. The minimum absolute atomic E-state index is 0.107. The highest BCUT2D eigenvalue weighted by Gasteiger charge is 2.22. The molecular formula is C14H20N2OS. The standard InChI is InChI=1S/C14H20N2OS/c1-9-7-11(15)8-10(2)13(9)16-14(17)12-5-3-4-6-18-12/h7-8,12H,3-6,15H2,1-2H3,(H,16,17). The van der Waals surface area contributed by atoms with Crippen molar-refractivity contribution in [1.82, 2.24) is 0 Å². The SMILES string of the molecule is Cc1cc(N)cc(C)c1NC(=O)C1CCCCS1. The van der Waals surface area contributed by atoms with E-state index in [4.69, 9.17) is 5.73 Å². The molecule has 98 valence electrons. The molecule has 1 aromatic carbocycles. The summed E-state index contributed by atoms with van der Waals surface area (Å²) >= 11 is 1.77. The summed E-state index contributed by atoms with van der Waals surface area (Å²) in [5.41, 5.74) is 9.51. The van der Waals surface area contributed by atoms with E-state index in [1.807, 2.05) is 26.0 Å². The number of thioether (sulfide) groups is 1. The summed E-state index contributed by atoms with van der Waals surface area (Å²) in [6.07, 6.45) is 3.38. The number of aryl methyl sites for hydroxylation is 2. The van der Waals surface area contributed by atoms with Crippen molar-refractivity contribution < 1.29 is 4.79 Å². The van der Waals surface area contributed by atoms with Gasteiger partial charge >= 0.3 is 0 Å². The van der Waals surface area contributed by atoms with E-state index in [1.54, 1.807) is 11.8 Å². The fourth-order valence-electron chi connectivity index (χ4n) is 2.35. The van der Waals surface area contributed by atoms with Crippen molar-refractivity contribution in [3.05, 3.63) is 23.3 Å². The Hall–Kier alpha value is -1.16. The van der Waals surface area contributed by atoms with Crippen molar-refractivity contribution in [2.24, 2.45) is 0 Å². The largest absolute Gasteiger partial charge is 0.399 e. The van der Waals surface area contributed by atoms with E-state index in [1.165, 1.54) is 6.42 Å². The Labute approximate surface area is 113 Å². The lowest BCUT2D eigenvalue weighted by Gasteiger charge is -2.21. The quantitative estimate of drug-likeness (QED) is 0.807. The molecule has 0 saturated carbocycles. The Morgan fingerprint density at radius 2 is 2.00 bits per heavy atom. The lowest BCUT2D eigenvalue weighted by molar-refractivity contribution is -0.115. The molecule has 2 rings (SSSR count). The van der Waals surface area contributed by atoms with E-state index in [9.17, 15) is 4.79 Å². The minimum atomic E-state index is 0.107. The van der Waals surface area contributed by atoms with Crippen molar-refractivity contribution in [2.45, 2.75) is 38.4 Å². The van der Waals surface area contributed by atoms with E-state index in [-0.39, 0.29) is 11.2 Å². The molecule has 0 aliphatic carbocycles. The van der Waals surface area contributed by atoms with Crippen molar-refractivity contribution in [2.75, 3.05) is 16.8 Å². The maximum atomic E-state index is 12.2. The molecule has 18 heavy (non-hydrogen) atoms. The maximum absolute atomic E-state index is 12.2. The fourth-order valence-corrected chi connectivity index (χ4v) is 3.54. The van der Waals surface area contributed by atoms with Gasteiger partial charge in [-0.2, -0.15) is 0 Å². The molecule has 1 atom stereocenters. The fraction of sp³-hybridized carbons (Fsp3) is 0.500. The number of rotatable bonds is 2. The lowest BCUT2D eigenvalue weighted by Crippen LogP contribution is -2.28. The zero-order chi connectivity index (χ0) is 13.1. The van der Waals surface area contributed by atoms with Gasteiger partial charge in [0, 0.05) is 11.4 Å². The van der Waals surface area contributed by atoms with Gasteiger partial charge in [0.1, 0.15) is 0 Å². The van der Waals surface area contributed by atoms with Gasteiger partial charge in [-0.25, -0.2) is 0 Å². The second kappa shape index (κ2) is 5.65. The van der Waals surface area contributed by atoms with Gasteiger partial charge < -0.3 is 11.1 Å². The molecule has 0 spiro atoms. The molecule has 3 N–H and O–H groups in total. The molecule has 1 aliphatic heterocycles. The molecule has 1 aromatic rings. The zero-order valence-electron chi connectivity index (χ0n) is 11.0. The van der Waals surface area contributed by atoms with Gasteiger partial charge in [0.2, 0.25) is 5.91 Å². The van der Waals surface area contributed by atoms with Crippen LogP contribution in [0.1, 0.15) is 30.4 Å². The van der Waals surface area contributed by atoms with Crippen LogP contribution < -0.4 is 11.1 Å². The number of nitrogens with one attached hydrogen (secondary N) is 1. The van der Waals surface area contributed by atoms with Crippen LogP contribution in [0.15, 0.2) is 12.1 Å². The number of nitrogens with two attached hydrogens (primary N) is 1. The Bertz CT molecular complexity index is 430. The first kappa shape index (κ1) is 13.3. The molecule has 3 nitrogen and oxygen atoms in total. The number of carbonyl (C=O) groups excluding carboxylic acids is 1. The molecule has 1 heterocycles. The second-order valence-electron chi connectivity index (χ2n) is 4.87. The number of nitrogen functional groups attached to an aromatic ring is 1. The summed E-state index contributed by atoms with van der Waals surface area (Å²) < 4.78 is 0. The highest BCUT2D eigenvalue weighted by atomic mass is 32.2. The lowest BCUT2D eigenvalue weighted by atomic mass is 10.1. The third-order valence-corrected chi connectivity index (χ3v) is 4.65. The number of anilines is 2. The number of benzene rings is 1. The van der Waals surface area contributed by atoms with E-state index in [0.717, 1.165) is 41.1 Å². The van der Waals surface area contributed by atoms with E-state index in [0.29, 0.717) is 0 Å². The Morgan fingerprint density at radius 1 is 1.33 bits per heavy atom. The normalized spacial score (nSPS) is 19.6. The molecule has 0 radical (unpaired) electrons. The van der Waals surface area contributed by atoms with Crippen LogP contribution in [0.25, 0.3) is 0 Å². The van der Waals surface area contributed by atoms with Gasteiger partial charge in [0.15, 0.2) is 0 Å². The van der Waals surface area contributed by atoms with E-state index < -0.39 is 0 Å². The summed E-state index contributed by atoms with van der Waals surface area (Å²) in [7, 11) is 0. The molecule has 0 bridgehead atoms. The highest BCUT2D eigenvalue weighted by molar-refractivity contribution is 8.00. The van der Waals surface area contributed by atoms with Crippen molar-refractivity contribution >= 4 is 29.0 Å². The predicted molar refractivity (Wildman–Crippen MR) is 79.1 cm³/mol. The molecular weight excluding hydrogens is 244 g/mol. The van der Waals surface area contributed by atoms with Crippen LogP contribution in [0.3, 0.4) is 0 Å². The first-order valence-corrected chi connectivity index (χ1v) is 7.42. The van der Waals surface area contributed by atoms with Crippen LogP contribution >= 0.6 is 11.8 Å². The van der Waals surface area contributed by atoms with Crippen LogP contribution in [0.5, 0.6) is 0 Å². The minimum Gasteiger partial charge on any atom is -0.399 e. The van der Waals surface area contributed by atoms with Gasteiger partial charge in [-0.15, -0.1) is 11.8 Å². The number of hydrogen-bond donors (Lipinski definition) is 2. The monoisotopic (exact) mass is 264 g/mol. The number of carbonyl (C=O) groups is 1. The van der Waals surface area contributed by atoms with Gasteiger partial charge in [0.25, 0.3) is 0 Å². The van der Waals surface area contributed by atoms with Gasteiger partial charge in [0.05, 0.1) is 5.25 Å². The Morgan fingerprint density at radius 3 is 2.56 bits per heavy atom. The first-order chi connectivity index (χ1) is 8.58. The number of amides is 1. The Balaban J connectivity index is 2.11. The number of hydrogen-bond acceptors (Lipinski definition) is 3. The highest BCUT2D eigenvalue weighted by Crippen LogP contribution is 2.28. The average Bonchev–Trinajstić information content (AvgIpc) is 2.34. The maximum Gasteiger partial charge on any atom is 0.237 e. The topological polar surface area (TPSA) is 55.1 Å². The van der Waals surface area contributed by atoms with E-state index >= 15 is 0 Å². The summed E-state index contributed by atoms with van der Waals surface area (Å²) in [5, 5.41) is 3.17. The van der Waals surface area contributed by atoms with Crippen LogP contribution in [-0.2, 0) is 4.79 Å².